The van der Waals surface area contributed by atoms with Crippen molar-refractivity contribution in [3.05, 3.63) is 30.2 Å². The highest BCUT2D eigenvalue weighted by Gasteiger charge is 2.30. The lowest BCUT2D eigenvalue weighted by Gasteiger charge is -2.34. The number of carbonyl (C=O) groups excluding carboxylic acids is 2. The molecule has 1 unspecified atom stereocenters. The number of ketones is 1. The van der Waals surface area contributed by atoms with Crippen LogP contribution in [-0.4, -0.2) is 47.5 Å². The number of ether oxygens (including phenoxy) is 1. The molecule has 2 aromatic rings. The highest BCUT2D eigenvalue weighted by molar-refractivity contribution is 5.93. The van der Waals surface area contributed by atoms with E-state index in [0.29, 0.717) is 31.3 Å². The normalized spacial score (nSPS) is 18.4. The molecule has 1 saturated heterocycles. The summed E-state index contributed by atoms with van der Waals surface area (Å²) in [5.74, 6) is 0.652. The lowest BCUT2D eigenvalue weighted by Crippen LogP contribution is -2.49. The van der Waals surface area contributed by atoms with E-state index in [2.05, 4.69) is 5.16 Å². The number of aromatic nitrogens is 1. The number of hydrogen-bond donors (Lipinski definition) is 0. The lowest BCUT2D eigenvalue weighted by molar-refractivity contribution is -0.119. The van der Waals surface area contributed by atoms with E-state index in [1.165, 1.54) is 13.2 Å². The van der Waals surface area contributed by atoms with Crippen LogP contribution in [0, 0.1) is 0 Å². The molecular formula is C15H16N2O5. The van der Waals surface area contributed by atoms with Crippen LogP contribution < -0.4 is 0 Å². The van der Waals surface area contributed by atoms with Crippen LogP contribution in [0.4, 0.5) is 0 Å². The summed E-state index contributed by atoms with van der Waals surface area (Å²) in [6.45, 7) is 2.74. The van der Waals surface area contributed by atoms with Gasteiger partial charge in [-0.15, -0.1) is 0 Å². The van der Waals surface area contributed by atoms with Crippen LogP contribution in [0.15, 0.2) is 33.4 Å². The maximum Gasteiger partial charge on any atom is 0.276 e. The fourth-order valence-electron chi connectivity index (χ4n) is 2.48. The topological polar surface area (TPSA) is 85.8 Å². The van der Waals surface area contributed by atoms with Crippen molar-refractivity contribution in [1.29, 1.82) is 0 Å². The Morgan fingerprint density at radius 3 is 3.00 bits per heavy atom. The second-order valence-electron chi connectivity index (χ2n) is 5.19. The zero-order chi connectivity index (χ0) is 15.5. The Labute approximate surface area is 126 Å². The quantitative estimate of drug-likeness (QED) is 0.855. The molecule has 0 N–H and O–H groups in total. The van der Waals surface area contributed by atoms with Gasteiger partial charge in [0.15, 0.2) is 11.5 Å². The average Bonchev–Trinajstić information content (AvgIpc) is 3.17. The smallest absolute Gasteiger partial charge is 0.276 e. The number of morpholine rings is 1. The molecule has 0 aromatic carbocycles. The first-order valence-electron chi connectivity index (χ1n) is 7.04. The average molecular weight is 304 g/mol. The van der Waals surface area contributed by atoms with E-state index < -0.39 is 0 Å². The summed E-state index contributed by atoms with van der Waals surface area (Å²) in [5.41, 5.74) is 0.196. The zero-order valence-corrected chi connectivity index (χ0v) is 12.2. The summed E-state index contributed by atoms with van der Waals surface area (Å²) >= 11 is 0. The van der Waals surface area contributed by atoms with Gasteiger partial charge in [-0.25, -0.2) is 0 Å². The number of furan rings is 1. The Morgan fingerprint density at radius 1 is 1.41 bits per heavy atom. The van der Waals surface area contributed by atoms with E-state index in [4.69, 9.17) is 13.7 Å². The first-order chi connectivity index (χ1) is 10.6. The van der Waals surface area contributed by atoms with Gasteiger partial charge in [-0.3, -0.25) is 9.59 Å². The second kappa shape index (κ2) is 6.15. The number of amides is 1. The van der Waals surface area contributed by atoms with Crippen molar-refractivity contribution in [2.75, 3.05) is 19.8 Å². The predicted octanol–water partition coefficient (Wildman–Crippen LogP) is 1.75. The van der Waals surface area contributed by atoms with Crippen molar-refractivity contribution in [3.8, 4) is 11.5 Å². The molecule has 0 radical (unpaired) electrons. The molecule has 0 bridgehead atoms. The summed E-state index contributed by atoms with van der Waals surface area (Å²) in [6.07, 6.45) is 1.79. The van der Waals surface area contributed by atoms with Crippen molar-refractivity contribution in [3.63, 3.8) is 0 Å². The highest BCUT2D eigenvalue weighted by atomic mass is 16.5. The summed E-state index contributed by atoms with van der Waals surface area (Å²) < 4.78 is 15.7. The van der Waals surface area contributed by atoms with E-state index in [1.54, 1.807) is 23.1 Å². The second-order valence-corrected chi connectivity index (χ2v) is 5.19. The molecule has 1 fully saturated rings. The van der Waals surface area contributed by atoms with Crippen LogP contribution in [0.2, 0.25) is 0 Å². The molecule has 1 amide bonds. The minimum Gasteiger partial charge on any atom is -0.461 e. The predicted molar refractivity (Wildman–Crippen MR) is 75.1 cm³/mol. The molecule has 7 heteroatoms. The van der Waals surface area contributed by atoms with Gasteiger partial charge in [0, 0.05) is 19.0 Å². The lowest BCUT2D eigenvalue weighted by atomic mass is 10.1. The molecule has 2 aromatic heterocycles. The van der Waals surface area contributed by atoms with Crippen molar-refractivity contribution >= 4 is 11.7 Å². The summed E-state index contributed by atoms with van der Waals surface area (Å²) in [5, 5.41) is 3.81. The maximum absolute atomic E-state index is 12.6. The van der Waals surface area contributed by atoms with E-state index >= 15 is 0 Å². The highest BCUT2D eigenvalue weighted by Crippen LogP contribution is 2.22. The van der Waals surface area contributed by atoms with Gasteiger partial charge in [-0.2, -0.15) is 0 Å². The van der Waals surface area contributed by atoms with Crippen molar-refractivity contribution in [2.45, 2.75) is 19.4 Å². The van der Waals surface area contributed by atoms with Crippen LogP contribution in [-0.2, 0) is 9.53 Å². The Bertz CT molecular complexity index is 661. The molecule has 1 aliphatic rings. The van der Waals surface area contributed by atoms with Crippen molar-refractivity contribution < 1.29 is 23.3 Å². The molecular weight excluding hydrogens is 288 g/mol. The van der Waals surface area contributed by atoms with Crippen LogP contribution in [0.25, 0.3) is 11.5 Å². The number of nitrogens with zero attached hydrogens (tertiary/aromatic N) is 2. The molecule has 0 spiro atoms. The fourth-order valence-corrected chi connectivity index (χ4v) is 2.48. The van der Waals surface area contributed by atoms with Gasteiger partial charge in [0.05, 0.1) is 25.5 Å². The molecule has 0 saturated carbocycles. The van der Waals surface area contributed by atoms with Gasteiger partial charge in [0.2, 0.25) is 5.76 Å². The fraction of sp³-hybridized carbons (Fsp3) is 0.400. The van der Waals surface area contributed by atoms with E-state index in [1.807, 2.05) is 0 Å². The van der Waals surface area contributed by atoms with Crippen molar-refractivity contribution in [2.24, 2.45) is 0 Å². The van der Waals surface area contributed by atoms with Gasteiger partial charge in [-0.05, 0) is 19.1 Å². The maximum atomic E-state index is 12.6. The minimum atomic E-state index is -0.267. The SMILES string of the molecule is CC(=O)CC1COCCN1C(=O)c1cc(-c2ccco2)on1. The monoisotopic (exact) mass is 304 g/mol. The van der Waals surface area contributed by atoms with Crippen LogP contribution in [0.1, 0.15) is 23.8 Å². The first-order valence-corrected chi connectivity index (χ1v) is 7.04. The molecule has 3 rings (SSSR count). The molecule has 116 valence electrons. The van der Waals surface area contributed by atoms with Gasteiger partial charge in [-0.1, -0.05) is 5.16 Å². The third kappa shape index (κ3) is 2.94. The first kappa shape index (κ1) is 14.5. The molecule has 0 aliphatic carbocycles. The van der Waals surface area contributed by atoms with E-state index in [9.17, 15) is 9.59 Å². The Morgan fingerprint density at radius 2 is 2.27 bits per heavy atom. The zero-order valence-electron chi connectivity index (χ0n) is 12.2. The Balaban J connectivity index is 1.78. The molecule has 1 aliphatic heterocycles. The molecule has 7 nitrogen and oxygen atoms in total. The summed E-state index contributed by atoms with van der Waals surface area (Å²) in [7, 11) is 0. The molecule has 22 heavy (non-hydrogen) atoms. The van der Waals surface area contributed by atoms with Gasteiger partial charge >= 0.3 is 0 Å². The number of hydrogen-bond acceptors (Lipinski definition) is 6. The Kier molecular flexibility index (Phi) is 4.06. The number of carbonyl (C=O) groups is 2. The van der Waals surface area contributed by atoms with Crippen LogP contribution in [0.5, 0.6) is 0 Å². The third-order valence-corrected chi connectivity index (χ3v) is 3.50. The number of Topliss-reactive ketones (excluding diaryl/α,β-unsaturated/α-hetero) is 1. The van der Waals surface area contributed by atoms with Crippen molar-refractivity contribution in [1.82, 2.24) is 10.1 Å². The largest absolute Gasteiger partial charge is 0.461 e. The van der Waals surface area contributed by atoms with Crippen LogP contribution >= 0.6 is 0 Å². The standard InChI is InChI=1S/C15H16N2O5/c1-10(18)7-11-9-20-6-4-17(11)15(19)12-8-14(22-16-12)13-3-2-5-21-13/h2-3,5,8,11H,4,6-7,9H2,1H3. The van der Waals surface area contributed by atoms with Gasteiger partial charge in [0.25, 0.3) is 5.91 Å². The minimum absolute atomic E-state index is 0.0183. The van der Waals surface area contributed by atoms with E-state index in [0.717, 1.165) is 0 Å². The molecule has 1 atom stereocenters. The third-order valence-electron chi connectivity index (χ3n) is 3.50. The summed E-state index contributed by atoms with van der Waals surface area (Å²) in [4.78, 5) is 25.5. The molecule has 3 heterocycles. The van der Waals surface area contributed by atoms with Gasteiger partial charge < -0.3 is 18.6 Å². The van der Waals surface area contributed by atoms with E-state index in [-0.39, 0.29) is 29.8 Å². The Hall–Kier alpha value is -2.41. The summed E-state index contributed by atoms with van der Waals surface area (Å²) in [6, 6.07) is 4.73. The number of rotatable bonds is 4. The van der Waals surface area contributed by atoms with Gasteiger partial charge in [0.1, 0.15) is 5.78 Å². The van der Waals surface area contributed by atoms with Crippen LogP contribution in [0.3, 0.4) is 0 Å².